The Hall–Kier alpha value is -2.41. The first kappa shape index (κ1) is 14.5. The lowest BCUT2D eigenvalue weighted by atomic mass is 10.2. The summed E-state index contributed by atoms with van der Waals surface area (Å²) in [5.74, 6) is 0.328. The molecule has 0 bridgehead atoms. The maximum atomic E-state index is 12.2. The van der Waals surface area contributed by atoms with Gasteiger partial charge in [-0.3, -0.25) is 0 Å². The van der Waals surface area contributed by atoms with Crippen molar-refractivity contribution in [2.24, 2.45) is 0 Å². The summed E-state index contributed by atoms with van der Waals surface area (Å²) in [6.45, 7) is 3.52. The Morgan fingerprint density at radius 3 is 2.68 bits per heavy atom. The minimum Gasteiger partial charge on any atom is -0.435 e. The summed E-state index contributed by atoms with van der Waals surface area (Å²) >= 11 is 0. The number of nitrogens with two attached hydrogens (primary N) is 1. The van der Waals surface area contributed by atoms with Gasteiger partial charge in [-0.15, -0.1) is 0 Å². The van der Waals surface area contributed by atoms with E-state index in [4.69, 9.17) is 10.2 Å². The van der Waals surface area contributed by atoms with Gasteiger partial charge in [-0.05, 0) is 36.8 Å². The van der Waals surface area contributed by atoms with Crippen molar-refractivity contribution in [1.82, 2.24) is 9.97 Å². The van der Waals surface area contributed by atoms with Gasteiger partial charge in [-0.1, -0.05) is 13.0 Å². The van der Waals surface area contributed by atoms with Gasteiger partial charge in [0.05, 0.1) is 10.6 Å². The molecule has 2 N–H and O–H groups in total. The van der Waals surface area contributed by atoms with E-state index in [1.54, 1.807) is 13.0 Å². The average molecular weight is 317 g/mol. The second-order valence-corrected chi connectivity index (χ2v) is 7.22. The Morgan fingerprint density at radius 2 is 1.95 bits per heavy atom. The van der Waals surface area contributed by atoms with Gasteiger partial charge in [0, 0.05) is 0 Å². The SMILES string of the molecule is CCS(=O)(=O)c1ccc(N)nc1-c1nc2cc(C)ccc2o1. The maximum Gasteiger partial charge on any atom is 0.247 e. The molecule has 1 aromatic carbocycles. The Balaban J connectivity index is 2.27. The predicted octanol–water partition coefficient (Wildman–Crippen LogP) is 2.57. The van der Waals surface area contributed by atoms with E-state index in [1.165, 1.54) is 12.1 Å². The zero-order valence-corrected chi connectivity index (χ0v) is 13.0. The zero-order chi connectivity index (χ0) is 15.9. The van der Waals surface area contributed by atoms with Gasteiger partial charge >= 0.3 is 0 Å². The average Bonchev–Trinajstić information content (AvgIpc) is 2.89. The number of hydrogen-bond acceptors (Lipinski definition) is 6. The molecule has 0 fully saturated rings. The Kier molecular flexibility index (Phi) is 3.37. The van der Waals surface area contributed by atoms with Crippen molar-refractivity contribution in [3.63, 3.8) is 0 Å². The molecule has 3 rings (SSSR count). The van der Waals surface area contributed by atoms with Gasteiger partial charge in [0.1, 0.15) is 17.0 Å². The molecular formula is C15H15N3O3S. The highest BCUT2D eigenvalue weighted by Gasteiger charge is 2.23. The Morgan fingerprint density at radius 1 is 1.18 bits per heavy atom. The van der Waals surface area contributed by atoms with Crippen LogP contribution in [-0.4, -0.2) is 24.1 Å². The van der Waals surface area contributed by atoms with Crippen molar-refractivity contribution in [3.8, 4) is 11.6 Å². The number of oxazole rings is 1. The highest BCUT2D eigenvalue weighted by molar-refractivity contribution is 7.91. The molecule has 22 heavy (non-hydrogen) atoms. The van der Waals surface area contributed by atoms with Crippen molar-refractivity contribution < 1.29 is 12.8 Å². The molecule has 0 spiro atoms. The molecule has 0 saturated heterocycles. The quantitative estimate of drug-likeness (QED) is 0.797. The fraction of sp³-hybridized carbons (Fsp3) is 0.200. The molecule has 3 aromatic rings. The molecule has 0 aliphatic rings. The number of hydrogen-bond donors (Lipinski definition) is 1. The number of anilines is 1. The molecule has 6 nitrogen and oxygen atoms in total. The highest BCUT2D eigenvalue weighted by atomic mass is 32.2. The van der Waals surface area contributed by atoms with Gasteiger partial charge in [0.2, 0.25) is 5.89 Å². The number of benzene rings is 1. The second kappa shape index (κ2) is 5.10. The number of nitrogens with zero attached hydrogens (tertiary/aromatic N) is 2. The van der Waals surface area contributed by atoms with Crippen molar-refractivity contribution in [1.29, 1.82) is 0 Å². The summed E-state index contributed by atoms with van der Waals surface area (Å²) in [7, 11) is -3.46. The summed E-state index contributed by atoms with van der Waals surface area (Å²) < 4.78 is 30.1. The van der Waals surface area contributed by atoms with Crippen LogP contribution < -0.4 is 5.73 Å². The molecule has 0 atom stereocenters. The Bertz CT molecular complexity index is 961. The topological polar surface area (TPSA) is 99.1 Å². The first-order chi connectivity index (χ1) is 10.4. The van der Waals surface area contributed by atoms with Crippen LogP contribution in [0.15, 0.2) is 39.6 Å². The number of aromatic nitrogens is 2. The van der Waals surface area contributed by atoms with E-state index < -0.39 is 9.84 Å². The lowest BCUT2D eigenvalue weighted by Crippen LogP contribution is -2.08. The van der Waals surface area contributed by atoms with Crippen LogP contribution in [-0.2, 0) is 9.84 Å². The third-order valence-electron chi connectivity index (χ3n) is 3.34. The largest absolute Gasteiger partial charge is 0.435 e. The summed E-state index contributed by atoms with van der Waals surface area (Å²) in [6.07, 6.45) is 0. The van der Waals surface area contributed by atoms with Crippen molar-refractivity contribution in [2.45, 2.75) is 18.7 Å². The summed E-state index contributed by atoms with van der Waals surface area (Å²) in [4.78, 5) is 8.54. The fourth-order valence-corrected chi connectivity index (χ4v) is 3.17. The zero-order valence-electron chi connectivity index (χ0n) is 12.2. The lowest BCUT2D eigenvalue weighted by molar-refractivity contribution is 0.592. The van der Waals surface area contributed by atoms with Gasteiger partial charge in [-0.25, -0.2) is 18.4 Å². The molecule has 0 radical (unpaired) electrons. The molecule has 2 heterocycles. The van der Waals surface area contributed by atoms with Gasteiger partial charge in [0.15, 0.2) is 15.4 Å². The minimum atomic E-state index is -3.46. The Labute approximate surface area is 127 Å². The van der Waals surface area contributed by atoms with E-state index in [2.05, 4.69) is 9.97 Å². The highest BCUT2D eigenvalue weighted by Crippen LogP contribution is 2.29. The van der Waals surface area contributed by atoms with Gasteiger partial charge in [-0.2, -0.15) is 0 Å². The number of fused-ring (bicyclic) bond motifs is 1. The molecule has 2 aromatic heterocycles. The van der Waals surface area contributed by atoms with Crippen LogP contribution in [0.3, 0.4) is 0 Å². The van der Waals surface area contributed by atoms with Crippen LogP contribution in [0.25, 0.3) is 22.7 Å². The molecule has 0 aliphatic heterocycles. The lowest BCUT2D eigenvalue weighted by Gasteiger charge is -2.06. The van der Waals surface area contributed by atoms with E-state index in [0.717, 1.165) is 5.56 Å². The van der Waals surface area contributed by atoms with Gasteiger partial charge < -0.3 is 10.2 Å². The summed E-state index contributed by atoms with van der Waals surface area (Å²) in [5, 5.41) is 0. The number of sulfone groups is 1. The van der Waals surface area contributed by atoms with Crippen molar-refractivity contribution in [3.05, 3.63) is 35.9 Å². The van der Waals surface area contributed by atoms with E-state index >= 15 is 0 Å². The summed E-state index contributed by atoms with van der Waals surface area (Å²) in [6, 6.07) is 8.45. The molecule has 0 aliphatic carbocycles. The van der Waals surface area contributed by atoms with E-state index in [9.17, 15) is 8.42 Å². The molecule has 0 unspecified atom stereocenters. The predicted molar refractivity (Wildman–Crippen MR) is 84.1 cm³/mol. The third-order valence-corrected chi connectivity index (χ3v) is 5.10. The number of aryl methyl sites for hydroxylation is 1. The van der Waals surface area contributed by atoms with Crippen LogP contribution in [0, 0.1) is 6.92 Å². The maximum absolute atomic E-state index is 12.2. The van der Waals surface area contributed by atoms with Crippen LogP contribution in [0.2, 0.25) is 0 Å². The molecule has 7 heteroatoms. The van der Waals surface area contributed by atoms with Crippen LogP contribution in [0.5, 0.6) is 0 Å². The van der Waals surface area contributed by atoms with E-state index in [0.29, 0.717) is 11.1 Å². The third kappa shape index (κ3) is 2.43. The molecule has 114 valence electrons. The van der Waals surface area contributed by atoms with Crippen LogP contribution >= 0.6 is 0 Å². The van der Waals surface area contributed by atoms with Gasteiger partial charge in [0.25, 0.3) is 0 Å². The number of nitrogen functional groups attached to an aromatic ring is 1. The monoisotopic (exact) mass is 317 g/mol. The van der Waals surface area contributed by atoms with Crippen molar-refractivity contribution >= 4 is 26.8 Å². The second-order valence-electron chi connectivity index (χ2n) is 4.98. The molecule has 0 saturated carbocycles. The number of pyridine rings is 1. The first-order valence-corrected chi connectivity index (χ1v) is 8.43. The summed E-state index contributed by atoms with van der Waals surface area (Å²) in [5.41, 5.74) is 8.10. The van der Waals surface area contributed by atoms with E-state index in [1.807, 2.05) is 19.1 Å². The van der Waals surface area contributed by atoms with Crippen LogP contribution in [0.1, 0.15) is 12.5 Å². The first-order valence-electron chi connectivity index (χ1n) is 6.77. The van der Waals surface area contributed by atoms with E-state index in [-0.39, 0.29) is 28.1 Å². The standard InChI is InChI=1S/C15H15N3O3S/c1-3-22(19,20)12-6-7-13(16)18-14(12)15-17-10-8-9(2)4-5-11(10)21-15/h4-8H,3H2,1-2H3,(H2,16,18). The van der Waals surface area contributed by atoms with Crippen LogP contribution in [0.4, 0.5) is 5.82 Å². The van der Waals surface area contributed by atoms with Crippen molar-refractivity contribution in [2.75, 3.05) is 11.5 Å². The molecule has 0 amide bonds. The smallest absolute Gasteiger partial charge is 0.247 e. The minimum absolute atomic E-state index is 0.0368. The normalized spacial score (nSPS) is 11.9. The fourth-order valence-electron chi connectivity index (χ4n) is 2.16. The number of rotatable bonds is 3. The molecular weight excluding hydrogens is 302 g/mol.